The maximum atomic E-state index is 4.46. The highest BCUT2D eigenvalue weighted by Crippen LogP contribution is 2.29. The maximum absolute atomic E-state index is 4.46. The fourth-order valence-electron chi connectivity index (χ4n) is 2.97. The van der Waals surface area contributed by atoms with Gasteiger partial charge in [-0.2, -0.15) is 0 Å². The number of rotatable bonds is 2. The molecule has 0 spiro atoms. The second kappa shape index (κ2) is 5.07. The van der Waals surface area contributed by atoms with Gasteiger partial charge in [-0.15, -0.1) is 11.3 Å². The summed E-state index contributed by atoms with van der Waals surface area (Å²) in [4.78, 5) is 15.6. The van der Waals surface area contributed by atoms with Crippen molar-refractivity contribution in [2.24, 2.45) is 0 Å². The number of fused-ring (bicyclic) bond motifs is 2. The smallest absolute Gasteiger partial charge is 0.138 e. The van der Waals surface area contributed by atoms with Crippen LogP contribution < -0.4 is 5.32 Å². The molecule has 0 saturated carbocycles. The van der Waals surface area contributed by atoms with Crippen molar-refractivity contribution in [3.05, 3.63) is 46.9 Å². The number of thiophene rings is 1. The van der Waals surface area contributed by atoms with E-state index >= 15 is 0 Å². The van der Waals surface area contributed by atoms with Crippen molar-refractivity contribution >= 4 is 27.4 Å². The summed E-state index contributed by atoms with van der Waals surface area (Å²) < 4.78 is 0. The van der Waals surface area contributed by atoms with E-state index in [4.69, 9.17) is 0 Å². The Morgan fingerprint density at radius 3 is 3.19 bits per heavy atom. The van der Waals surface area contributed by atoms with Crippen LogP contribution in [0.2, 0.25) is 0 Å². The van der Waals surface area contributed by atoms with Crippen molar-refractivity contribution in [2.45, 2.75) is 32.2 Å². The lowest BCUT2D eigenvalue weighted by Crippen LogP contribution is -2.28. The van der Waals surface area contributed by atoms with Gasteiger partial charge in [-0.25, -0.2) is 9.97 Å². The average molecular weight is 296 g/mol. The van der Waals surface area contributed by atoms with Crippen LogP contribution in [-0.2, 0) is 12.8 Å². The lowest BCUT2D eigenvalue weighted by molar-refractivity contribution is 0.597. The van der Waals surface area contributed by atoms with E-state index < -0.39 is 0 Å². The minimum absolute atomic E-state index is 0.417. The summed E-state index contributed by atoms with van der Waals surface area (Å²) in [7, 11) is 0. The van der Waals surface area contributed by atoms with Crippen LogP contribution in [0.3, 0.4) is 0 Å². The Morgan fingerprint density at radius 1 is 1.29 bits per heavy atom. The first kappa shape index (κ1) is 12.7. The molecule has 5 heteroatoms. The topological polar surface area (TPSA) is 50.7 Å². The first-order valence-electron chi connectivity index (χ1n) is 7.20. The number of nitrogens with zero attached hydrogens (tertiary/aromatic N) is 3. The molecule has 0 saturated heterocycles. The van der Waals surface area contributed by atoms with Crippen molar-refractivity contribution < 1.29 is 0 Å². The third kappa shape index (κ3) is 2.38. The maximum Gasteiger partial charge on any atom is 0.138 e. The van der Waals surface area contributed by atoms with Gasteiger partial charge in [-0.05, 0) is 43.9 Å². The van der Waals surface area contributed by atoms with E-state index in [1.165, 1.54) is 16.1 Å². The quantitative estimate of drug-likeness (QED) is 0.788. The summed E-state index contributed by atoms with van der Waals surface area (Å²) in [6, 6.07) is 6.79. The van der Waals surface area contributed by atoms with Gasteiger partial charge in [-0.3, -0.25) is 4.98 Å². The number of pyridine rings is 1. The van der Waals surface area contributed by atoms with Gasteiger partial charge in [0.2, 0.25) is 0 Å². The monoisotopic (exact) mass is 296 g/mol. The molecule has 1 N–H and O–H groups in total. The molecule has 0 bridgehead atoms. The lowest BCUT2D eigenvalue weighted by Gasteiger charge is -2.25. The SMILES string of the molecule is Cc1cc2c(NC3CCc4ncccc4C3)ncnc2s1. The highest BCUT2D eigenvalue weighted by molar-refractivity contribution is 7.18. The van der Waals surface area contributed by atoms with Crippen LogP contribution in [0.4, 0.5) is 5.82 Å². The molecule has 0 amide bonds. The van der Waals surface area contributed by atoms with E-state index in [9.17, 15) is 0 Å². The van der Waals surface area contributed by atoms with Crippen LogP contribution in [0.1, 0.15) is 22.6 Å². The molecule has 0 fully saturated rings. The van der Waals surface area contributed by atoms with Crippen LogP contribution >= 0.6 is 11.3 Å². The van der Waals surface area contributed by atoms with Crippen molar-refractivity contribution in [3.63, 3.8) is 0 Å². The van der Waals surface area contributed by atoms with Gasteiger partial charge < -0.3 is 5.32 Å². The zero-order valence-corrected chi connectivity index (χ0v) is 12.7. The second-order valence-corrected chi connectivity index (χ2v) is 6.73. The summed E-state index contributed by atoms with van der Waals surface area (Å²) in [5.41, 5.74) is 2.60. The van der Waals surface area contributed by atoms with Crippen molar-refractivity contribution in [2.75, 3.05) is 5.32 Å². The predicted molar refractivity (Wildman–Crippen MR) is 85.8 cm³/mol. The van der Waals surface area contributed by atoms with Crippen LogP contribution in [0.5, 0.6) is 0 Å². The Bertz CT molecular complexity index is 796. The van der Waals surface area contributed by atoms with Crippen molar-refractivity contribution in [1.82, 2.24) is 15.0 Å². The molecule has 0 radical (unpaired) electrons. The first-order chi connectivity index (χ1) is 10.3. The third-order valence-corrected chi connectivity index (χ3v) is 4.93. The van der Waals surface area contributed by atoms with Crippen molar-refractivity contribution in [1.29, 1.82) is 0 Å². The summed E-state index contributed by atoms with van der Waals surface area (Å²) in [5, 5.41) is 4.74. The molecule has 21 heavy (non-hydrogen) atoms. The molecular formula is C16H16N4S. The molecule has 4 rings (SSSR count). The molecule has 4 nitrogen and oxygen atoms in total. The Balaban J connectivity index is 1.61. The second-order valence-electron chi connectivity index (χ2n) is 5.49. The van der Waals surface area contributed by atoms with Gasteiger partial charge >= 0.3 is 0 Å². The zero-order chi connectivity index (χ0) is 14.2. The standard InChI is InChI=1S/C16H16N4S/c1-10-7-13-15(18-9-19-16(13)21-10)20-12-4-5-14-11(8-12)3-2-6-17-14/h2-3,6-7,9,12H,4-5,8H2,1H3,(H,18,19,20). The summed E-state index contributed by atoms with van der Waals surface area (Å²) in [6.07, 6.45) is 6.68. The van der Waals surface area contributed by atoms with Crippen molar-refractivity contribution in [3.8, 4) is 0 Å². The number of hydrogen-bond acceptors (Lipinski definition) is 5. The molecule has 3 aromatic heterocycles. The van der Waals surface area contributed by atoms with Gasteiger partial charge in [0.1, 0.15) is 17.0 Å². The van der Waals surface area contributed by atoms with Gasteiger partial charge in [0, 0.05) is 22.8 Å². The van der Waals surface area contributed by atoms with Gasteiger partial charge in [0.25, 0.3) is 0 Å². The number of nitrogens with one attached hydrogen (secondary N) is 1. The minimum Gasteiger partial charge on any atom is -0.366 e. The lowest BCUT2D eigenvalue weighted by atomic mass is 9.92. The molecule has 0 aromatic carbocycles. The predicted octanol–water partition coefficient (Wildman–Crippen LogP) is 3.36. The number of anilines is 1. The molecule has 106 valence electrons. The normalized spacial score (nSPS) is 17.7. The molecule has 3 heterocycles. The Morgan fingerprint density at radius 2 is 2.24 bits per heavy atom. The zero-order valence-electron chi connectivity index (χ0n) is 11.8. The Kier molecular flexibility index (Phi) is 3.07. The molecule has 1 unspecified atom stereocenters. The fraction of sp³-hybridized carbons (Fsp3) is 0.312. The Hall–Kier alpha value is -2.01. The summed E-state index contributed by atoms with van der Waals surface area (Å²) >= 11 is 1.72. The van der Waals surface area contributed by atoms with E-state index in [0.717, 1.165) is 35.3 Å². The number of aryl methyl sites for hydroxylation is 2. The molecular weight excluding hydrogens is 280 g/mol. The largest absolute Gasteiger partial charge is 0.366 e. The van der Waals surface area contributed by atoms with Crippen LogP contribution in [0.15, 0.2) is 30.7 Å². The number of aromatic nitrogens is 3. The van der Waals surface area contributed by atoms with E-state index in [0.29, 0.717) is 6.04 Å². The molecule has 0 aliphatic heterocycles. The highest BCUT2D eigenvalue weighted by Gasteiger charge is 2.20. The van der Waals surface area contributed by atoms with Gasteiger partial charge in [0.05, 0.1) is 5.39 Å². The third-order valence-electron chi connectivity index (χ3n) is 3.97. The average Bonchev–Trinajstić information content (AvgIpc) is 2.89. The Labute approximate surface area is 127 Å². The fourth-order valence-corrected chi connectivity index (χ4v) is 3.82. The number of hydrogen-bond donors (Lipinski definition) is 1. The molecule has 3 aromatic rings. The van der Waals surface area contributed by atoms with Crippen LogP contribution in [-0.4, -0.2) is 21.0 Å². The van der Waals surface area contributed by atoms with E-state index in [-0.39, 0.29) is 0 Å². The van der Waals surface area contributed by atoms with Gasteiger partial charge in [-0.1, -0.05) is 6.07 Å². The van der Waals surface area contributed by atoms with E-state index in [1.807, 2.05) is 12.3 Å². The first-order valence-corrected chi connectivity index (χ1v) is 8.02. The molecule has 1 aliphatic rings. The summed E-state index contributed by atoms with van der Waals surface area (Å²) in [6.45, 7) is 2.11. The van der Waals surface area contributed by atoms with Crippen LogP contribution in [0.25, 0.3) is 10.2 Å². The summed E-state index contributed by atoms with van der Waals surface area (Å²) in [5.74, 6) is 0.960. The van der Waals surface area contributed by atoms with Crippen LogP contribution in [0, 0.1) is 6.92 Å². The van der Waals surface area contributed by atoms with Gasteiger partial charge in [0.15, 0.2) is 0 Å². The molecule has 1 aliphatic carbocycles. The minimum atomic E-state index is 0.417. The highest BCUT2D eigenvalue weighted by atomic mass is 32.1. The van der Waals surface area contributed by atoms with E-state index in [2.05, 4.69) is 39.3 Å². The van der Waals surface area contributed by atoms with E-state index in [1.54, 1.807) is 17.7 Å². The molecule has 1 atom stereocenters.